The smallest absolute Gasteiger partial charge is 0.418 e. The standard InChI is InChI=1S/C14H24N4O2.2BF4/c1-3-15-5-7-17(11-15)9-13(19)14(20)10-18-8-6-16(4-2)12-18;2*2-1(3,4)5/h5-8,11-14,19-20H,3-4,9-10H2,1-2H3;;/q+2;2*-1. The van der Waals surface area contributed by atoms with Crippen LogP contribution in [-0.2, 0) is 26.2 Å². The third-order valence-electron chi connectivity index (χ3n) is 3.46. The number of rotatable bonds is 7. The molecule has 174 valence electrons. The average molecular weight is 454 g/mol. The minimum absolute atomic E-state index is 0.392. The van der Waals surface area contributed by atoms with Gasteiger partial charge in [-0.2, -0.15) is 0 Å². The van der Waals surface area contributed by atoms with E-state index in [1.807, 2.05) is 55.7 Å². The first-order chi connectivity index (χ1) is 13.6. The van der Waals surface area contributed by atoms with Crippen LogP contribution in [0.1, 0.15) is 13.8 Å². The lowest BCUT2D eigenvalue weighted by Crippen LogP contribution is -2.35. The number of aliphatic hydroxyl groups excluding tert-OH is 2. The van der Waals surface area contributed by atoms with E-state index >= 15 is 0 Å². The number of aryl methyl sites for hydroxylation is 2. The molecule has 16 heteroatoms. The maximum atomic E-state index is 10.1. The normalized spacial score (nSPS) is 13.6. The van der Waals surface area contributed by atoms with Crippen molar-refractivity contribution in [2.75, 3.05) is 0 Å². The van der Waals surface area contributed by atoms with Crippen molar-refractivity contribution in [3.8, 4) is 0 Å². The van der Waals surface area contributed by atoms with Gasteiger partial charge in [0.1, 0.15) is 50.1 Å². The number of halogens is 8. The Labute approximate surface area is 168 Å². The van der Waals surface area contributed by atoms with Crippen molar-refractivity contribution < 1.29 is 53.9 Å². The van der Waals surface area contributed by atoms with Gasteiger partial charge in [0.05, 0.1) is 13.1 Å². The van der Waals surface area contributed by atoms with Crippen LogP contribution in [0.3, 0.4) is 0 Å². The van der Waals surface area contributed by atoms with Crippen LogP contribution in [0.15, 0.2) is 37.4 Å². The lowest BCUT2D eigenvalue weighted by Gasteiger charge is -2.14. The molecule has 2 aromatic rings. The van der Waals surface area contributed by atoms with Crippen molar-refractivity contribution in [2.24, 2.45) is 0 Å². The van der Waals surface area contributed by atoms with E-state index in [1.54, 1.807) is 0 Å². The molecule has 2 aromatic heterocycles. The van der Waals surface area contributed by atoms with Gasteiger partial charge in [-0.05, 0) is 13.8 Å². The molecule has 2 unspecified atom stereocenters. The molecule has 0 aromatic carbocycles. The van der Waals surface area contributed by atoms with Gasteiger partial charge < -0.3 is 44.7 Å². The number of imidazole rings is 2. The fraction of sp³-hybridized carbons (Fsp3) is 0.571. The monoisotopic (exact) mass is 454 g/mol. The summed E-state index contributed by atoms with van der Waals surface area (Å²) in [6.45, 7) is 6.69. The largest absolute Gasteiger partial charge is 0.673 e. The van der Waals surface area contributed by atoms with Crippen molar-refractivity contribution in [2.45, 2.75) is 52.2 Å². The first kappa shape index (κ1) is 27.9. The van der Waals surface area contributed by atoms with Gasteiger partial charge in [-0.25, -0.2) is 18.3 Å². The van der Waals surface area contributed by atoms with Crippen LogP contribution in [0.5, 0.6) is 0 Å². The number of hydrogen-bond acceptors (Lipinski definition) is 2. The average Bonchev–Trinajstić information content (AvgIpc) is 3.20. The fourth-order valence-corrected chi connectivity index (χ4v) is 2.14. The molecule has 0 fully saturated rings. The molecule has 0 aliphatic carbocycles. The van der Waals surface area contributed by atoms with Gasteiger partial charge in [0.2, 0.25) is 12.7 Å². The third-order valence-corrected chi connectivity index (χ3v) is 3.46. The molecule has 0 aliphatic rings. The maximum absolute atomic E-state index is 10.1. The zero-order valence-electron chi connectivity index (χ0n) is 16.3. The third kappa shape index (κ3) is 15.8. The number of hydrogen-bond donors (Lipinski definition) is 2. The summed E-state index contributed by atoms with van der Waals surface area (Å²) in [6.07, 6.45) is 9.99. The summed E-state index contributed by atoms with van der Waals surface area (Å²) in [5.74, 6) is 0. The molecule has 0 bridgehead atoms. The SMILES string of the molecule is CC[n+]1ccn(CC(O)C(O)Cn2cc[n+](CC)c2)c1.F[B-](F)(F)F.F[B-](F)(F)F. The van der Waals surface area contributed by atoms with Crippen molar-refractivity contribution in [1.29, 1.82) is 0 Å². The molecule has 2 N–H and O–H groups in total. The predicted octanol–water partition coefficient (Wildman–Crippen LogP) is 1.93. The first-order valence-electron chi connectivity index (χ1n) is 8.82. The lowest BCUT2D eigenvalue weighted by molar-refractivity contribution is -0.693. The Kier molecular flexibility index (Phi) is 11.7. The Hall–Kier alpha value is -2.09. The molecule has 0 saturated carbocycles. The van der Waals surface area contributed by atoms with Crippen LogP contribution in [0.25, 0.3) is 0 Å². The first-order valence-corrected chi connectivity index (χ1v) is 8.82. The molecule has 0 amide bonds. The van der Waals surface area contributed by atoms with Crippen LogP contribution < -0.4 is 9.13 Å². The van der Waals surface area contributed by atoms with Gasteiger partial charge in [0.25, 0.3) is 0 Å². The van der Waals surface area contributed by atoms with E-state index in [0.29, 0.717) is 13.1 Å². The zero-order chi connectivity index (χ0) is 23.5. The molecule has 0 aliphatic heterocycles. The Morgan fingerprint density at radius 2 is 0.967 bits per heavy atom. The van der Waals surface area contributed by atoms with E-state index in [9.17, 15) is 44.7 Å². The summed E-state index contributed by atoms with van der Waals surface area (Å²) in [6, 6.07) is 0. The highest BCUT2D eigenvalue weighted by Crippen LogP contribution is 2.07. The maximum Gasteiger partial charge on any atom is 0.673 e. The lowest BCUT2D eigenvalue weighted by atomic mass is 10.2. The molecule has 6 nitrogen and oxygen atoms in total. The van der Waals surface area contributed by atoms with Crippen LogP contribution >= 0.6 is 0 Å². The highest BCUT2D eigenvalue weighted by molar-refractivity contribution is 6.50. The zero-order valence-corrected chi connectivity index (χ0v) is 16.3. The Bertz CT molecular complexity index is 651. The van der Waals surface area contributed by atoms with Gasteiger partial charge in [-0.15, -0.1) is 0 Å². The quantitative estimate of drug-likeness (QED) is 0.382. The summed E-state index contributed by atoms with van der Waals surface area (Å²) in [5.41, 5.74) is 0. The highest BCUT2D eigenvalue weighted by atomic mass is 19.5. The number of nitrogens with zero attached hydrogens (tertiary/aromatic N) is 4. The van der Waals surface area contributed by atoms with Crippen LogP contribution in [0, 0.1) is 0 Å². The predicted molar refractivity (Wildman–Crippen MR) is 93.0 cm³/mol. The molecule has 2 atom stereocenters. The Balaban J connectivity index is 0.000000702. The van der Waals surface area contributed by atoms with E-state index in [2.05, 4.69) is 13.8 Å². The van der Waals surface area contributed by atoms with Crippen molar-refractivity contribution in [3.05, 3.63) is 37.4 Å². The minimum Gasteiger partial charge on any atom is -0.418 e. The van der Waals surface area contributed by atoms with E-state index in [0.717, 1.165) is 13.1 Å². The van der Waals surface area contributed by atoms with Gasteiger partial charge in [-0.3, -0.25) is 0 Å². The topological polar surface area (TPSA) is 58.1 Å². The molecule has 30 heavy (non-hydrogen) atoms. The second-order valence-electron chi connectivity index (χ2n) is 6.01. The molecule has 0 saturated heterocycles. The summed E-state index contributed by atoms with van der Waals surface area (Å²) < 4.78 is 85.8. The summed E-state index contributed by atoms with van der Waals surface area (Å²) in [4.78, 5) is 0. The Morgan fingerprint density at radius 1 is 0.700 bits per heavy atom. The highest BCUT2D eigenvalue weighted by Gasteiger charge is 2.22. The van der Waals surface area contributed by atoms with Crippen molar-refractivity contribution in [1.82, 2.24) is 9.13 Å². The molecule has 0 radical (unpaired) electrons. The summed E-state index contributed by atoms with van der Waals surface area (Å²) in [5, 5.41) is 20.2. The van der Waals surface area contributed by atoms with Crippen LogP contribution in [0.4, 0.5) is 34.5 Å². The van der Waals surface area contributed by atoms with Crippen molar-refractivity contribution in [3.63, 3.8) is 0 Å². The van der Waals surface area contributed by atoms with Crippen LogP contribution in [0.2, 0.25) is 0 Å². The van der Waals surface area contributed by atoms with Gasteiger partial charge >= 0.3 is 14.5 Å². The van der Waals surface area contributed by atoms with E-state index in [-0.39, 0.29) is 0 Å². The summed E-state index contributed by atoms with van der Waals surface area (Å²) in [7, 11) is -12.0. The van der Waals surface area contributed by atoms with Gasteiger partial charge in [0, 0.05) is 0 Å². The molecular formula is C14H24B2F8N4O2. The second-order valence-corrected chi connectivity index (χ2v) is 6.01. The van der Waals surface area contributed by atoms with E-state index in [4.69, 9.17) is 0 Å². The summed E-state index contributed by atoms with van der Waals surface area (Å²) >= 11 is 0. The molecule has 2 rings (SSSR count). The molecule has 2 heterocycles. The van der Waals surface area contributed by atoms with Gasteiger partial charge in [0.15, 0.2) is 0 Å². The number of aliphatic hydroxyl groups is 2. The Morgan fingerprint density at radius 3 is 1.17 bits per heavy atom. The number of aromatic nitrogens is 4. The van der Waals surface area contributed by atoms with Crippen LogP contribution in [-0.4, -0.2) is 46.1 Å². The molecular weight excluding hydrogens is 430 g/mol. The second kappa shape index (κ2) is 12.6. The van der Waals surface area contributed by atoms with E-state index < -0.39 is 26.7 Å². The molecule has 0 spiro atoms. The van der Waals surface area contributed by atoms with Gasteiger partial charge in [-0.1, -0.05) is 0 Å². The van der Waals surface area contributed by atoms with E-state index in [1.165, 1.54) is 0 Å². The fourth-order valence-electron chi connectivity index (χ4n) is 2.14. The minimum atomic E-state index is -6.00. The van der Waals surface area contributed by atoms with Crippen molar-refractivity contribution >= 4 is 14.5 Å².